The van der Waals surface area contributed by atoms with Crippen LogP contribution in [0.1, 0.15) is 41.8 Å². The zero-order valence-corrected chi connectivity index (χ0v) is 14.1. The van der Waals surface area contributed by atoms with Gasteiger partial charge >= 0.3 is 5.97 Å². The molecule has 0 unspecified atom stereocenters. The third-order valence-corrected chi connectivity index (χ3v) is 3.76. The lowest BCUT2D eigenvalue weighted by atomic mass is 10.1. The first-order chi connectivity index (χ1) is 11.9. The molecular weight excluding hydrogens is 329 g/mol. The van der Waals surface area contributed by atoms with E-state index < -0.39 is 23.4 Å². The van der Waals surface area contributed by atoms with Gasteiger partial charge in [0.25, 0.3) is 0 Å². The molecule has 0 saturated carbocycles. The van der Waals surface area contributed by atoms with E-state index in [0.717, 1.165) is 5.56 Å². The number of aryl methyl sites for hydroxylation is 2. The molecule has 0 saturated heterocycles. The Morgan fingerprint density at radius 3 is 2.36 bits per heavy atom. The molecule has 0 radical (unpaired) electrons. The molecule has 0 atom stereocenters. The SMILES string of the molecule is CCc1ccc(OC(=O)c2ccc(CCC=C(C)F)cc2)c(F)c1F. The van der Waals surface area contributed by atoms with Gasteiger partial charge in [0.1, 0.15) is 0 Å². The molecule has 0 aliphatic heterocycles. The third-order valence-electron chi connectivity index (χ3n) is 3.76. The Bertz CT molecular complexity index is 776. The van der Waals surface area contributed by atoms with Crippen molar-refractivity contribution in [2.45, 2.75) is 33.1 Å². The van der Waals surface area contributed by atoms with Gasteiger partial charge in [0.05, 0.1) is 11.4 Å². The number of hydrogen-bond acceptors (Lipinski definition) is 2. The van der Waals surface area contributed by atoms with E-state index in [9.17, 15) is 18.0 Å². The number of ether oxygens (including phenoxy) is 1. The normalized spacial score (nSPS) is 11.5. The van der Waals surface area contributed by atoms with Crippen LogP contribution in [0.3, 0.4) is 0 Å². The second kappa shape index (κ2) is 8.51. The van der Waals surface area contributed by atoms with Crippen molar-refractivity contribution >= 4 is 5.97 Å². The van der Waals surface area contributed by atoms with Crippen molar-refractivity contribution in [2.24, 2.45) is 0 Å². The van der Waals surface area contributed by atoms with Crippen molar-refractivity contribution in [2.75, 3.05) is 0 Å². The molecule has 2 rings (SSSR count). The topological polar surface area (TPSA) is 26.3 Å². The molecule has 0 bridgehead atoms. The molecule has 0 heterocycles. The van der Waals surface area contributed by atoms with E-state index in [0.29, 0.717) is 19.3 Å². The highest BCUT2D eigenvalue weighted by atomic mass is 19.2. The van der Waals surface area contributed by atoms with E-state index in [1.807, 2.05) is 0 Å². The molecule has 0 fully saturated rings. The summed E-state index contributed by atoms with van der Waals surface area (Å²) < 4.78 is 45.2. The van der Waals surface area contributed by atoms with Crippen LogP contribution in [-0.4, -0.2) is 5.97 Å². The lowest BCUT2D eigenvalue weighted by Crippen LogP contribution is -2.10. The van der Waals surface area contributed by atoms with E-state index in [-0.39, 0.29) is 17.0 Å². The largest absolute Gasteiger partial charge is 0.420 e. The number of hydrogen-bond donors (Lipinski definition) is 0. The standard InChI is InChI=1S/C20H19F3O2/c1-3-15-11-12-17(19(23)18(15)22)25-20(24)16-9-7-14(8-10-16)6-4-5-13(2)21/h5,7-12H,3-4,6H2,1-2H3. The Morgan fingerprint density at radius 1 is 1.08 bits per heavy atom. The fourth-order valence-electron chi connectivity index (χ4n) is 2.33. The van der Waals surface area contributed by atoms with Crippen LogP contribution in [0.2, 0.25) is 0 Å². The predicted octanol–water partition coefficient (Wildman–Crippen LogP) is 5.55. The van der Waals surface area contributed by atoms with Gasteiger partial charge in [0, 0.05) is 0 Å². The van der Waals surface area contributed by atoms with Crippen LogP contribution in [-0.2, 0) is 12.8 Å². The Labute approximate surface area is 144 Å². The smallest absolute Gasteiger partial charge is 0.343 e. The zero-order valence-electron chi connectivity index (χ0n) is 14.1. The molecule has 25 heavy (non-hydrogen) atoms. The van der Waals surface area contributed by atoms with Crippen molar-refractivity contribution in [3.63, 3.8) is 0 Å². The Balaban J connectivity index is 2.06. The molecule has 2 aromatic carbocycles. The molecule has 2 aromatic rings. The molecule has 132 valence electrons. The Hall–Kier alpha value is -2.56. The summed E-state index contributed by atoms with van der Waals surface area (Å²) in [5, 5.41) is 0. The minimum atomic E-state index is -1.17. The summed E-state index contributed by atoms with van der Waals surface area (Å²) in [4.78, 5) is 12.1. The monoisotopic (exact) mass is 348 g/mol. The second-order valence-electron chi connectivity index (χ2n) is 5.62. The number of halogens is 3. The first-order valence-corrected chi connectivity index (χ1v) is 8.02. The van der Waals surface area contributed by atoms with Gasteiger partial charge < -0.3 is 4.74 Å². The van der Waals surface area contributed by atoms with Crippen LogP contribution in [0.25, 0.3) is 0 Å². The summed E-state index contributed by atoms with van der Waals surface area (Å²) >= 11 is 0. The van der Waals surface area contributed by atoms with Gasteiger partial charge in [0.15, 0.2) is 11.6 Å². The third kappa shape index (κ3) is 4.95. The van der Waals surface area contributed by atoms with Gasteiger partial charge in [-0.05, 0) is 55.5 Å². The van der Waals surface area contributed by atoms with Crippen molar-refractivity contribution < 1.29 is 22.7 Å². The fourth-order valence-corrected chi connectivity index (χ4v) is 2.33. The van der Waals surface area contributed by atoms with Crippen LogP contribution in [0, 0.1) is 11.6 Å². The molecular formula is C20H19F3O2. The second-order valence-corrected chi connectivity index (χ2v) is 5.62. The maximum absolute atomic E-state index is 13.9. The minimum absolute atomic E-state index is 0.221. The Kier molecular flexibility index (Phi) is 6.39. The predicted molar refractivity (Wildman–Crippen MR) is 90.3 cm³/mol. The first-order valence-electron chi connectivity index (χ1n) is 8.02. The van der Waals surface area contributed by atoms with E-state index in [2.05, 4.69) is 0 Å². The lowest BCUT2D eigenvalue weighted by Gasteiger charge is -2.08. The van der Waals surface area contributed by atoms with Crippen molar-refractivity contribution in [3.8, 4) is 5.75 Å². The first kappa shape index (κ1) is 18.8. The Morgan fingerprint density at radius 2 is 1.76 bits per heavy atom. The highest BCUT2D eigenvalue weighted by Crippen LogP contribution is 2.24. The maximum Gasteiger partial charge on any atom is 0.343 e. The number of benzene rings is 2. The minimum Gasteiger partial charge on any atom is -0.420 e. The summed E-state index contributed by atoms with van der Waals surface area (Å²) in [6.45, 7) is 3.09. The maximum atomic E-state index is 13.9. The van der Waals surface area contributed by atoms with Crippen LogP contribution in [0.15, 0.2) is 48.3 Å². The summed E-state index contributed by atoms with van der Waals surface area (Å²) in [6, 6.07) is 9.15. The molecule has 2 nitrogen and oxygen atoms in total. The molecule has 0 aliphatic rings. The van der Waals surface area contributed by atoms with Crippen LogP contribution >= 0.6 is 0 Å². The fraction of sp³-hybridized carbons (Fsp3) is 0.250. The van der Waals surface area contributed by atoms with E-state index in [4.69, 9.17) is 4.74 Å². The van der Waals surface area contributed by atoms with Crippen LogP contribution in [0.4, 0.5) is 13.2 Å². The van der Waals surface area contributed by atoms with Gasteiger partial charge in [0.2, 0.25) is 5.82 Å². The van der Waals surface area contributed by atoms with Crippen molar-refractivity contribution in [3.05, 3.63) is 76.6 Å². The number of rotatable bonds is 6. The highest BCUT2D eigenvalue weighted by molar-refractivity contribution is 5.91. The van der Waals surface area contributed by atoms with Gasteiger partial charge in [-0.2, -0.15) is 4.39 Å². The summed E-state index contributed by atoms with van der Waals surface area (Å²) in [7, 11) is 0. The molecule has 0 spiro atoms. The number of carbonyl (C=O) groups excluding carboxylic acids is 1. The molecule has 0 amide bonds. The van der Waals surface area contributed by atoms with Crippen LogP contribution < -0.4 is 4.74 Å². The quantitative estimate of drug-likeness (QED) is 0.505. The van der Waals surface area contributed by atoms with E-state index >= 15 is 0 Å². The number of allylic oxidation sites excluding steroid dienone is 2. The highest BCUT2D eigenvalue weighted by Gasteiger charge is 2.17. The van der Waals surface area contributed by atoms with Gasteiger partial charge in [-0.15, -0.1) is 0 Å². The molecule has 0 N–H and O–H groups in total. The lowest BCUT2D eigenvalue weighted by molar-refractivity contribution is 0.0726. The molecule has 0 aromatic heterocycles. The van der Waals surface area contributed by atoms with Gasteiger partial charge in [-0.1, -0.05) is 31.2 Å². The average Bonchev–Trinajstić information content (AvgIpc) is 2.59. The summed E-state index contributed by atoms with van der Waals surface area (Å²) in [5.41, 5.74) is 1.37. The van der Waals surface area contributed by atoms with E-state index in [1.165, 1.54) is 25.1 Å². The average molecular weight is 348 g/mol. The molecule has 5 heteroatoms. The summed E-state index contributed by atoms with van der Waals surface area (Å²) in [6.07, 6.45) is 3.02. The van der Waals surface area contributed by atoms with Crippen LogP contribution in [0.5, 0.6) is 5.75 Å². The zero-order chi connectivity index (χ0) is 18.4. The van der Waals surface area contributed by atoms with Gasteiger partial charge in [-0.25, -0.2) is 13.6 Å². The van der Waals surface area contributed by atoms with E-state index in [1.54, 1.807) is 31.2 Å². The number of carbonyl (C=O) groups is 1. The van der Waals surface area contributed by atoms with Gasteiger partial charge in [-0.3, -0.25) is 0 Å². The van der Waals surface area contributed by atoms with Crippen molar-refractivity contribution in [1.29, 1.82) is 0 Å². The molecule has 0 aliphatic carbocycles. The number of esters is 1. The van der Waals surface area contributed by atoms with Crippen molar-refractivity contribution in [1.82, 2.24) is 0 Å². The summed E-state index contributed by atoms with van der Waals surface area (Å²) in [5.74, 6) is -3.61.